The number of carbonyl (C=O) groups is 2. The van der Waals surface area contributed by atoms with E-state index in [9.17, 15) is 18.4 Å². The number of aryl methyl sites for hydroxylation is 1. The number of alkyl halides is 1. The van der Waals surface area contributed by atoms with Crippen LogP contribution < -0.4 is 10.6 Å². The summed E-state index contributed by atoms with van der Waals surface area (Å²) in [5.74, 6) is -1.34. The number of rotatable bonds is 6. The van der Waals surface area contributed by atoms with E-state index < -0.39 is 17.4 Å². The summed E-state index contributed by atoms with van der Waals surface area (Å²) in [7, 11) is 1.51. The van der Waals surface area contributed by atoms with Gasteiger partial charge in [0.2, 0.25) is 0 Å². The molecule has 4 aromatic rings. The van der Waals surface area contributed by atoms with Gasteiger partial charge < -0.3 is 10.6 Å². The van der Waals surface area contributed by atoms with E-state index in [1.165, 1.54) is 45.4 Å². The quantitative estimate of drug-likeness (QED) is 0.365. The number of anilines is 1. The molecule has 2 N–H and O–H groups in total. The van der Waals surface area contributed by atoms with Gasteiger partial charge in [-0.05, 0) is 74.4 Å². The molecule has 4 rings (SSSR count). The van der Waals surface area contributed by atoms with E-state index in [0.717, 1.165) is 11.8 Å². The molecular formula is C28H25F2N5O2. The van der Waals surface area contributed by atoms with E-state index in [2.05, 4.69) is 25.6 Å². The van der Waals surface area contributed by atoms with E-state index in [-0.39, 0.29) is 28.4 Å². The molecule has 0 fully saturated rings. The number of hydrogen-bond acceptors (Lipinski definition) is 5. The maximum absolute atomic E-state index is 15.0. The zero-order valence-corrected chi connectivity index (χ0v) is 20.8. The maximum atomic E-state index is 15.0. The molecule has 188 valence electrons. The standard InChI is InChI=1S/C28H25F2N5O2/c1-16-5-6-19(35-26(36)18-8-10-33-25(12-18)28(2,3)30)13-20(16)21-14-23(34-15-22(21)29)17-7-9-32-24(11-17)27(37)31-4/h5-15H,1-4H3,(H,31,37)(H,35,36). The van der Waals surface area contributed by atoms with E-state index in [0.29, 0.717) is 22.5 Å². The number of nitrogens with one attached hydrogen (secondary N) is 2. The summed E-state index contributed by atoms with van der Waals surface area (Å²) < 4.78 is 29.3. The van der Waals surface area contributed by atoms with Gasteiger partial charge in [-0.3, -0.25) is 24.5 Å². The van der Waals surface area contributed by atoms with Crippen molar-refractivity contribution < 1.29 is 18.4 Å². The molecule has 0 radical (unpaired) electrons. The van der Waals surface area contributed by atoms with Crippen LogP contribution in [0.3, 0.4) is 0 Å². The number of aromatic nitrogens is 3. The second-order valence-electron chi connectivity index (χ2n) is 8.94. The van der Waals surface area contributed by atoms with Crippen LogP contribution in [0.5, 0.6) is 0 Å². The van der Waals surface area contributed by atoms with Crippen molar-refractivity contribution >= 4 is 17.5 Å². The van der Waals surface area contributed by atoms with Crippen LogP contribution in [0.15, 0.2) is 67.1 Å². The van der Waals surface area contributed by atoms with Crippen molar-refractivity contribution in [3.8, 4) is 22.4 Å². The van der Waals surface area contributed by atoms with Gasteiger partial charge in [0.25, 0.3) is 11.8 Å². The molecule has 3 aromatic heterocycles. The number of amides is 2. The SMILES string of the molecule is CNC(=O)c1cc(-c2cc(-c3cc(NC(=O)c4ccnc(C(C)(C)F)c4)ccc3C)c(F)cn2)ccn1. The van der Waals surface area contributed by atoms with Crippen molar-refractivity contribution in [2.45, 2.75) is 26.4 Å². The van der Waals surface area contributed by atoms with E-state index >= 15 is 0 Å². The minimum absolute atomic E-state index is 0.145. The molecule has 3 heterocycles. The van der Waals surface area contributed by atoms with Crippen LogP contribution in [0.4, 0.5) is 14.5 Å². The van der Waals surface area contributed by atoms with Crippen molar-refractivity contribution in [2.75, 3.05) is 12.4 Å². The van der Waals surface area contributed by atoms with Gasteiger partial charge >= 0.3 is 0 Å². The molecule has 0 aliphatic rings. The fourth-order valence-electron chi connectivity index (χ4n) is 3.74. The third-order valence-corrected chi connectivity index (χ3v) is 5.79. The van der Waals surface area contributed by atoms with Gasteiger partial charge in [0.15, 0.2) is 0 Å². The molecule has 0 atom stereocenters. The molecule has 37 heavy (non-hydrogen) atoms. The molecule has 7 nitrogen and oxygen atoms in total. The summed E-state index contributed by atoms with van der Waals surface area (Å²) in [5.41, 5.74) is 2.02. The van der Waals surface area contributed by atoms with E-state index in [1.807, 2.05) is 6.92 Å². The normalized spacial score (nSPS) is 11.2. The summed E-state index contributed by atoms with van der Waals surface area (Å²) in [4.78, 5) is 37.1. The summed E-state index contributed by atoms with van der Waals surface area (Å²) in [6, 6.07) is 12.9. The second-order valence-corrected chi connectivity index (χ2v) is 8.94. The van der Waals surface area contributed by atoms with Crippen molar-refractivity contribution in [2.24, 2.45) is 0 Å². The maximum Gasteiger partial charge on any atom is 0.269 e. The monoisotopic (exact) mass is 501 g/mol. The van der Waals surface area contributed by atoms with Crippen LogP contribution >= 0.6 is 0 Å². The van der Waals surface area contributed by atoms with Gasteiger partial charge in [0.05, 0.1) is 17.6 Å². The van der Waals surface area contributed by atoms with Crippen LogP contribution in [-0.4, -0.2) is 33.8 Å². The number of halogens is 2. The predicted molar refractivity (Wildman–Crippen MR) is 137 cm³/mol. The topological polar surface area (TPSA) is 96.9 Å². The van der Waals surface area contributed by atoms with Gasteiger partial charge in [0.1, 0.15) is 17.2 Å². The number of carbonyl (C=O) groups excluding carboxylic acids is 2. The first kappa shape index (κ1) is 25.6. The lowest BCUT2D eigenvalue weighted by atomic mass is 9.98. The Morgan fingerprint density at radius 1 is 0.892 bits per heavy atom. The number of nitrogens with zero attached hydrogens (tertiary/aromatic N) is 3. The van der Waals surface area contributed by atoms with Crippen LogP contribution in [0.25, 0.3) is 22.4 Å². The Balaban J connectivity index is 1.67. The third kappa shape index (κ3) is 5.66. The molecule has 0 aliphatic carbocycles. The first-order chi connectivity index (χ1) is 17.6. The Labute approximate surface area is 213 Å². The average molecular weight is 502 g/mol. The van der Waals surface area contributed by atoms with Gasteiger partial charge in [0, 0.05) is 41.8 Å². The van der Waals surface area contributed by atoms with E-state index in [1.54, 1.807) is 36.4 Å². The Hall–Kier alpha value is -4.53. The van der Waals surface area contributed by atoms with E-state index in [4.69, 9.17) is 0 Å². The van der Waals surface area contributed by atoms with Gasteiger partial charge in [-0.2, -0.15) is 0 Å². The van der Waals surface area contributed by atoms with Crippen molar-refractivity contribution in [3.63, 3.8) is 0 Å². The molecule has 0 unspecified atom stereocenters. The summed E-state index contributed by atoms with van der Waals surface area (Å²) in [6.45, 7) is 4.56. The second kappa shape index (κ2) is 10.2. The van der Waals surface area contributed by atoms with Gasteiger partial charge in [-0.25, -0.2) is 8.78 Å². The highest BCUT2D eigenvalue weighted by Crippen LogP contribution is 2.32. The van der Waals surface area contributed by atoms with Gasteiger partial charge in [-0.1, -0.05) is 6.07 Å². The first-order valence-corrected chi connectivity index (χ1v) is 11.5. The number of hydrogen-bond donors (Lipinski definition) is 2. The number of pyridine rings is 3. The lowest BCUT2D eigenvalue weighted by Gasteiger charge is -2.15. The van der Waals surface area contributed by atoms with Crippen LogP contribution in [0, 0.1) is 12.7 Å². The molecule has 0 bridgehead atoms. The molecule has 0 saturated heterocycles. The fraction of sp³-hybridized carbons (Fsp3) is 0.179. The Morgan fingerprint density at radius 2 is 1.65 bits per heavy atom. The van der Waals surface area contributed by atoms with Crippen molar-refractivity contribution in [1.29, 1.82) is 0 Å². The molecule has 0 aliphatic heterocycles. The van der Waals surface area contributed by atoms with Gasteiger partial charge in [-0.15, -0.1) is 0 Å². The van der Waals surface area contributed by atoms with Crippen LogP contribution in [-0.2, 0) is 5.67 Å². The minimum atomic E-state index is -1.69. The smallest absolute Gasteiger partial charge is 0.269 e. The minimum Gasteiger partial charge on any atom is -0.354 e. The Bertz CT molecular complexity index is 1500. The zero-order valence-electron chi connectivity index (χ0n) is 20.8. The largest absolute Gasteiger partial charge is 0.354 e. The summed E-state index contributed by atoms with van der Waals surface area (Å²) in [6.07, 6.45) is 3.99. The first-order valence-electron chi connectivity index (χ1n) is 11.5. The van der Waals surface area contributed by atoms with Crippen molar-refractivity contribution in [3.05, 3.63) is 95.5 Å². The number of benzene rings is 1. The molecule has 2 amide bonds. The lowest BCUT2D eigenvalue weighted by Crippen LogP contribution is -2.19. The molecule has 9 heteroatoms. The van der Waals surface area contributed by atoms with Crippen molar-refractivity contribution in [1.82, 2.24) is 20.3 Å². The zero-order chi connectivity index (χ0) is 26.7. The fourth-order valence-corrected chi connectivity index (χ4v) is 3.74. The Kier molecular flexibility index (Phi) is 7.06. The third-order valence-electron chi connectivity index (χ3n) is 5.79. The summed E-state index contributed by atoms with van der Waals surface area (Å²) in [5, 5.41) is 5.31. The highest BCUT2D eigenvalue weighted by Gasteiger charge is 2.22. The molecule has 1 aromatic carbocycles. The molecule has 0 saturated carbocycles. The molecular weight excluding hydrogens is 476 g/mol. The highest BCUT2D eigenvalue weighted by molar-refractivity contribution is 6.04. The highest BCUT2D eigenvalue weighted by atomic mass is 19.1. The summed E-state index contributed by atoms with van der Waals surface area (Å²) >= 11 is 0. The molecule has 0 spiro atoms. The Morgan fingerprint density at radius 3 is 2.38 bits per heavy atom. The van der Waals surface area contributed by atoms with Crippen LogP contribution in [0.1, 0.15) is 46.0 Å². The predicted octanol–water partition coefficient (Wildman–Crippen LogP) is 5.47. The average Bonchev–Trinajstić information content (AvgIpc) is 2.89. The lowest BCUT2D eigenvalue weighted by molar-refractivity contribution is 0.0957. The van der Waals surface area contributed by atoms with Crippen LogP contribution in [0.2, 0.25) is 0 Å².